The van der Waals surface area contributed by atoms with Gasteiger partial charge in [0.15, 0.2) is 0 Å². The zero-order valence-corrected chi connectivity index (χ0v) is 10.3. The Morgan fingerprint density at radius 2 is 2.11 bits per heavy atom. The Bertz CT molecular complexity index is 433. The van der Waals surface area contributed by atoms with E-state index in [1.165, 1.54) is 0 Å². The molecular formula is C12H16N2O4. The third-order valence-corrected chi connectivity index (χ3v) is 3.26. The number of amidine groups is 1. The summed E-state index contributed by atoms with van der Waals surface area (Å²) in [7, 11) is 0. The molecule has 98 valence electrons. The standard InChI is InChI=1S/C12H16N2O4/c1-8-7-18-12(3-5-17-6-4-12)9(8)14-10(13-2)11(15)16/h2-7H2,1H3,(H,15,16). The van der Waals surface area contributed by atoms with Gasteiger partial charge in [-0.05, 0) is 19.2 Å². The van der Waals surface area contributed by atoms with Crippen molar-refractivity contribution in [2.24, 2.45) is 9.98 Å². The van der Waals surface area contributed by atoms with Gasteiger partial charge in [0.2, 0.25) is 5.84 Å². The predicted molar refractivity (Wildman–Crippen MR) is 66.1 cm³/mol. The Morgan fingerprint density at radius 3 is 2.67 bits per heavy atom. The second-order valence-corrected chi connectivity index (χ2v) is 4.42. The summed E-state index contributed by atoms with van der Waals surface area (Å²) in [6.45, 7) is 6.79. The van der Waals surface area contributed by atoms with Crippen molar-refractivity contribution in [1.29, 1.82) is 0 Å². The molecule has 1 saturated heterocycles. The molecule has 2 aliphatic rings. The van der Waals surface area contributed by atoms with E-state index in [2.05, 4.69) is 16.7 Å². The molecule has 1 fully saturated rings. The molecule has 0 aromatic carbocycles. The number of nitrogens with zero attached hydrogens (tertiary/aromatic N) is 2. The Hall–Kier alpha value is -1.53. The highest BCUT2D eigenvalue weighted by Gasteiger charge is 2.43. The number of hydrogen-bond acceptors (Lipinski definition) is 4. The van der Waals surface area contributed by atoms with Crippen LogP contribution >= 0.6 is 0 Å². The van der Waals surface area contributed by atoms with Crippen LogP contribution in [0, 0.1) is 0 Å². The summed E-state index contributed by atoms with van der Waals surface area (Å²) < 4.78 is 11.1. The summed E-state index contributed by atoms with van der Waals surface area (Å²) in [6.07, 6.45) is 1.38. The molecule has 0 radical (unpaired) electrons. The van der Waals surface area contributed by atoms with Gasteiger partial charge in [-0.25, -0.2) is 14.8 Å². The predicted octanol–water partition coefficient (Wildman–Crippen LogP) is 1.02. The van der Waals surface area contributed by atoms with Crippen LogP contribution in [-0.4, -0.2) is 49.1 Å². The van der Waals surface area contributed by atoms with Crippen molar-refractivity contribution in [2.75, 3.05) is 19.8 Å². The molecule has 6 heteroatoms. The highest BCUT2D eigenvalue weighted by atomic mass is 16.5. The normalized spacial score (nSPS) is 23.5. The minimum Gasteiger partial charge on any atom is -0.475 e. The second kappa shape index (κ2) is 4.99. The van der Waals surface area contributed by atoms with E-state index in [9.17, 15) is 4.79 Å². The lowest BCUT2D eigenvalue weighted by molar-refractivity contribution is -0.129. The molecule has 0 unspecified atom stereocenters. The van der Waals surface area contributed by atoms with Crippen LogP contribution in [0.15, 0.2) is 21.3 Å². The lowest BCUT2D eigenvalue weighted by Crippen LogP contribution is -2.38. The molecule has 0 saturated carbocycles. The maximum Gasteiger partial charge on any atom is 0.373 e. The van der Waals surface area contributed by atoms with Gasteiger partial charge >= 0.3 is 5.97 Å². The summed E-state index contributed by atoms with van der Waals surface area (Å²) >= 11 is 0. The van der Waals surface area contributed by atoms with Gasteiger partial charge in [-0.2, -0.15) is 0 Å². The topological polar surface area (TPSA) is 80.5 Å². The van der Waals surface area contributed by atoms with Crippen LogP contribution in [0.25, 0.3) is 0 Å². The average Bonchev–Trinajstić information content (AvgIpc) is 2.64. The van der Waals surface area contributed by atoms with Crippen molar-refractivity contribution >= 4 is 18.5 Å². The molecule has 0 bridgehead atoms. The Labute approximate surface area is 105 Å². The van der Waals surface area contributed by atoms with Crippen LogP contribution in [-0.2, 0) is 14.3 Å². The first kappa shape index (κ1) is 12.9. The summed E-state index contributed by atoms with van der Waals surface area (Å²) in [4.78, 5) is 18.5. The molecule has 0 atom stereocenters. The SMILES string of the molecule is C=NC(=NC1=C(C)COC12CCOCC2)C(=O)O. The summed E-state index contributed by atoms with van der Waals surface area (Å²) in [5.74, 6) is -1.47. The zero-order valence-electron chi connectivity index (χ0n) is 10.3. The number of hydrogen-bond donors (Lipinski definition) is 1. The molecule has 1 N–H and O–H groups in total. The quantitative estimate of drug-likeness (QED) is 0.558. The zero-order chi connectivity index (χ0) is 13.2. The third-order valence-electron chi connectivity index (χ3n) is 3.26. The fourth-order valence-electron chi connectivity index (χ4n) is 2.31. The van der Waals surface area contributed by atoms with Gasteiger partial charge in [0.1, 0.15) is 5.60 Å². The number of rotatable bonds is 1. The van der Waals surface area contributed by atoms with Gasteiger partial charge < -0.3 is 14.6 Å². The molecule has 6 nitrogen and oxygen atoms in total. The Kier molecular flexibility index (Phi) is 3.58. The second-order valence-electron chi connectivity index (χ2n) is 4.42. The van der Waals surface area contributed by atoms with Crippen LogP contribution in [0.1, 0.15) is 19.8 Å². The monoisotopic (exact) mass is 252 g/mol. The fraction of sp³-hybridized carbons (Fsp3) is 0.583. The van der Waals surface area contributed by atoms with Crippen LogP contribution in [0.2, 0.25) is 0 Å². The third kappa shape index (κ3) is 2.21. The van der Waals surface area contributed by atoms with Gasteiger partial charge in [-0.1, -0.05) is 0 Å². The minimum absolute atomic E-state index is 0.291. The van der Waals surface area contributed by atoms with Gasteiger partial charge in [-0.3, -0.25) is 0 Å². The van der Waals surface area contributed by atoms with Crippen LogP contribution in [0.5, 0.6) is 0 Å². The maximum absolute atomic E-state index is 10.9. The number of aliphatic imine (C=N–C) groups is 2. The molecule has 1 spiro atoms. The van der Waals surface area contributed by atoms with E-state index in [1.807, 2.05) is 6.92 Å². The lowest BCUT2D eigenvalue weighted by atomic mass is 9.90. The largest absolute Gasteiger partial charge is 0.475 e. The summed E-state index contributed by atoms with van der Waals surface area (Å²) in [6, 6.07) is 0. The molecule has 0 amide bonds. The first-order valence-corrected chi connectivity index (χ1v) is 5.80. The number of ether oxygens (including phenoxy) is 2. The summed E-state index contributed by atoms with van der Waals surface area (Å²) in [5, 5.41) is 8.95. The Morgan fingerprint density at radius 1 is 1.44 bits per heavy atom. The van der Waals surface area contributed by atoms with E-state index >= 15 is 0 Å². The molecule has 2 aliphatic heterocycles. The highest BCUT2D eigenvalue weighted by Crippen LogP contribution is 2.40. The lowest BCUT2D eigenvalue weighted by Gasteiger charge is -2.33. The van der Waals surface area contributed by atoms with E-state index in [0.717, 1.165) is 5.57 Å². The van der Waals surface area contributed by atoms with Crippen LogP contribution < -0.4 is 0 Å². The van der Waals surface area contributed by atoms with Gasteiger partial charge in [0.05, 0.1) is 12.3 Å². The first-order valence-electron chi connectivity index (χ1n) is 5.80. The number of carboxylic acid groups (broad SMARTS) is 1. The number of carboxylic acids is 1. The highest BCUT2D eigenvalue weighted by molar-refractivity contribution is 6.35. The van der Waals surface area contributed by atoms with Crippen molar-refractivity contribution in [3.63, 3.8) is 0 Å². The van der Waals surface area contributed by atoms with E-state index in [-0.39, 0.29) is 5.84 Å². The van der Waals surface area contributed by atoms with Crippen LogP contribution in [0.4, 0.5) is 0 Å². The number of carbonyl (C=O) groups is 1. The van der Waals surface area contributed by atoms with Gasteiger partial charge in [-0.15, -0.1) is 0 Å². The fourth-order valence-corrected chi connectivity index (χ4v) is 2.31. The molecular weight excluding hydrogens is 236 g/mol. The van der Waals surface area contributed by atoms with E-state index in [0.29, 0.717) is 38.4 Å². The van der Waals surface area contributed by atoms with E-state index in [1.54, 1.807) is 0 Å². The molecule has 2 rings (SSSR count). The van der Waals surface area contributed by atoms with Crippen molar-refractivity contribution in [2.45, 2.75) is 25.4 Å². The Balaban J connectivity index is 2.36. The molecule has 0 aromatic heterocycles. The van der Waals surface area contributed by atoms with Crippen molar-refractivity contribution in [3.05, 3.63) is 11.3 Å². The van der Waals surface area contributed by atoms with E-state index in [4.69, 9.17) is 14.6 Å². The van der Waals surface area contributed by atoms with Gasteiger partial charge in [0, 0.05) is 26.1 Å². The maximum atomic E-state index is 10.9. The van der Waals surface area contributed by atoms with Crippen LogP contribution in [0.3, 0.4) is 0 Å². The molecule has 0 aromatic rings. The minimum atomic E-state index is -1.18. The smallest absolute Gasteiger partial charge is 0.373 e. The average molecular weight is 252 g/mol. The molecule has 18 heavy (non-hydrogen) atoms. The van der Waals surface area contributed by atoms with Crippen molar-refractivity contribution in [1.82, 2.24) is 0 Å². The molecule has 0 aliphatic carbocycles. The van der Waals surface area contributed by atoms with Crippen molar-refractivity contribution in [3.8, 4) is 0 Å². The van der Waals surface area contributed by atoms with Gasteiger partial charge in [0.25, 0.3) is 0 Å². The molecule has 2 heterocycles. The number of aliphatic carboxylic acids is 1. The first-order chi connectivity index (χ1) is 8.59. The summed E-state index contributed by atoms with van der Waals surface area (Å²) in [5.41, 5.74) is 1.11. The van der Waals surface area contributed by atoms with E-state index < -0.39 is 11.6 Å². The van der Waals surface area contributed by atoms with Crippen molar-refractivity contribution < 1.29 is 19.4 Å².